The Morgan fingerprint density at radius 3 is 2.95 bits per heavy atom. The molecule has 2 aromatic rings. The topological polar surface area (TPSA) is 42.2 Å². The van der Waals surface area contributed by atoms with Crippen LogP contribution >= 0.6 is 11.3 Å². The molecule has 1 heterocycles. The standard InChI is InChI=1S/C15H16FN3S/c1-19(9-15-10-20-11-18-15)8-13-4-5-14(16)7-12(13)3-2-6-17/h4-5,7,10-11H,6,8-9,17H2,1H3. The van der Waals surface area contributed by atoms with Crippen molar-refractivity contribution in [3.8, 4) is 11.8 Å². The zero-order chi connectivity index (χ0) is 14.4. The quantitative estimate of drug-likeness (QED) is 0.878. The number of nitrogens with zero attached hydrogens (tertiary/aromatic N) is 2. The number of hydrogen-bond donors (Lipinski definition) is 1. The molecule has 0 atom stereocenters. The number of hydrogen-bond acceptors (Lipinski definition) is 4. The molecular weight excluding hydrogens is 273 g/mol. The molecule has 1 aromatic heterocycles. The van der Waals surface area contributed by atoms with E-state index in [0.29, 0.717) is 12.1 Å². The van der Waals surface area contributed by atoms with Gasteiger partial charge in [0.1, 0.15) is 5.82 Å². The molecule has 0 bridgehead atoms. The molecule has 0 saturated heterocycles. The minimum Gasteiger partial charge on any atom is -0.320 e. The number of thiazole rings is 1. The fourth-order valence-electron chi connectivity index (χ4n) is 1.89. The van der Waals surface area contributed by atoms with Crippen molar-refractivity contribution in [1.82, 2.24) is 9.88 Å². The lowest BCUT2D eigenvalue weighted by molar-refractivity contribution is 0.315. The number of aromatic nitrogens is 1. The van der Waals surface area contributed by atoms with Crippen molar-refractivity contribution in [2.45, 2.75) is 13.1 Å². The first-order valence-electron chi connectivity index (χ1n) is 6.22. The zero-order valence-corrected chi connectivity index (χ0v) is 12.1. The zero-order valence-electron chi connectivity index (χ0n) is 11.3. The summed E-state index contributed by atoms with van der Waals surface area (Å²) in [5, 5.41) is 2.02. The number of rotatable bonds is 4. The summed E-state index contributed by atoms with van der Waals surface area (Å²) in [4.78, 5) is 6.38. The van der Waals surface area contributed by atoms with Crippen LogP contribution in [0.3, 0.4) is 0 Å². The van der Waals surface area contributed by atoms with Crippen LogP contribution in [0, 0.1) is 17.7 Å². The van der Waals surface area contributed by atoms with E-state index < -0.39 is 0 Å². The third-order valence-corrected chi connectivity index (χ3v) is 3.39. The van der Waals surface area contributed by atoms with Gasteiger partial charge in [0.15, 0.2) is 0 Å². The first kappa shape index (κ1) is 14.7. The highest BCUT2D eigenvalue weighted by Crippen LogP contribution is 2.14. The summed E-state index contributed by atoms with van der Waals surface area (Å²) in [6, 6.07) is 4.68. The number of nitrogens with two attached hydrogens (primary N) is 1. The van der Waals surface area contributed by atoms with Crippen LogP contribution in [0.1, 0.15) is 16.8 Å². The average molecular weight is 289 g/mol. The van der Waals surface area contributed by atoms with Gasteiger partial charge in [-0.25, -0.2) is 9.37 Å². The van der Waals surface area contributed by atoms with Crippen molar-refractivity contribution in [1.29, 1.82) is 0 Å². The van der Waals surface area contributed by atoms with Gasteiger partial charge >= 0.3 is 0 Å². The van der Waals surface area contributed by atoms with E-state index in [-0.39, 0.29) is 12.4 Å². The first-order valence-corrected chi connectivity index (χ1v) is 7.16. The Hall–Kier alpha value is -1.74. The predicted molar refractivity (Wildman–Crippen MR) is 79.6 cm³/mol. The van der Waals surface area contributed by atoms with Crippen molar-refractivity contribution in [2.75, 3.05) is 13.6 Å². The molecule has 0 aliphatic rings. The summed E-state index contributed by atoms with van der Waals surface area (Å²) in [5.74, 6) is 5.42. The maximum Gasteiger partial charge on any atom is 0.124 e. The fraction of sp³-hybridized carbons (Fsp3) is 0.267. The Morgan fingerprint density at radius 2 is 2.25 bits per heavy atom. The SMILES string of the molecule is CN(Cc1cscn1)Cc1ccc(F)cc1C#CCN. The Balaban J connectivity index is 2.11. The second-order valence-corrected chi connectivity index (χ2v) is 5.18. The lowest BCUT2D eigenvalue weighted by Gasteiger charge is -2.16. The van der Waals surface area contributed by atoms with Gasteiger partial charge in [-0.15, -0.1) is 11.3 Å². The van der Waals surface area contributed by atoms with Crippen molar-refractivity contribution in [3.05, 3.63) is 51.7 Å². The van der Waals surface area contributed by atoms with E-state index in [4.69, 9.17) is 5.73 Å². The highest BCUT2D eigenvalue weighted by molar-refractivity contribution is 7.07. The predicted octanol–water partition coefficient (Wildman–Crippen LogP) is 2.22. The van der Waals surface area contributed by atoms with E-state index >= 15 is 0 Å². The molecular formula is C15H16FN3S. The number of benzene rings is 1. The van der Waals surface area contributed by atoms with Crippen LogP contribution in [-0.2, 0) is 13.1 Å². The van der Waals surface area contributed by atoms with Crippen LogP contribution in [0.4, 0.5) is 4.39 Å². The molecule has 20 heavy (non-hydrogen) atoms. The van der Waals surface area contributed by atoms with Gasteiger partial charge in [0.05, 0.1) is 17.7 Å². The van der Waals surface area contributed by atoms with Gasteiger partial charge in [0.25, 0.3) is 0 Å². The molecule has 2 N–H and O–H groups in total. The maximum atomic E-state index is 13.3. The summed E-state index contributed by atoms with van der Waals surface area (Å²) in [6.45, 7) is 1.71. The summed E-state index contributed by atoms with van der Waals surface area (Å²) >= 11 is 1.58. The largest absolute Gasteiger partial charge is 0.320 e. The van der Waals surface area contributed by atoms with Gasteiger partial charge in [0.2, 0.25) is 0 Å². The molecule has 0 saturated carbocycles. The molecule has 2 rings (SSSR count). The Bertz CT molecular complexity index is 614. The van der Waals surface area contributed by atoms with E-state index in [1.165, 1.54) is 12.1 Å². The van der Waals surface area contributed by atoms with Crippen LogP contribution < -0.4 is 5.73 Å². The second-order valence-electron chi connectivity index (χ2n) is 4.46. The van der Waals surface area contributed by atoms with Gasteiger partial charge in [-0.2, -0.15) is 0 Å². The normalized spacial score (nSPS) is 10.4. The molecule has 1 aromatic carbocycles. The summed E-state index contributed by atoms with van der Waals surface area (Å²) in [6.07, 6.45) is 0. The molecule has 0 aliphatic heterocycles. The third kappa shape index (κ3) is 4.14. The summed E-state index contributed by atoms with van der Waals surface area (Å²) < 4.78 is 13.3. The van der Waals surface area contributed by atoms with Crippen LogP contribution in [-0.4, -0.2) is 23.5 Å². The molecule has 104 valence electrons. The molecule has 0 aliphatic carbocycles. The van der Waals surface area contributed by atoms with E-state index in [2.05, 4.69) is 21.7 Å². The first-order chi connectivity index (χ1) is 9.69. The smallest absolute Gasteiger partial charge is 0.124 e. The van der Waals surface area contributed by atoms with Gasteiger partial charge in [-0.05, 0) is 24.7 Å². The Kier molecular flexibility index (Phi) is 5.24. The summed E-state index contributed by atoms with van der Waals surface area (Å²) in [5.41, 5.74) is 9.91. The molecule has 3 nitrogen and oxygen atoms in total. The average Bonchev–Trinajstić information content (AvgIpc) is 2.91. The maximum absolute atomic E-state index is 13.3. The molecule has 0 fully saturated rings. The minimum absolute atomic E-state index is 0.268. The van der Waals surface area contributed by atoms with Gasteiger partial charge in [-0.1, -0.05) is 17.9 Å². The fourth-order valence-corrected chi connectivity index (χ4v) is 2.44. The minimum atomic E-state index is -0.280. The molecule has 0 spiro atoms. The Labute approximate surface area is 122 Å². The molecule has 5 heteroatoms. The van der Waals surface area contributed by atoms with Crippen molar-refractivity contribution < 1.29 is 4.39 Å². The van der Waals surface area contributed by atoms with Crippen molar-refractivity contribution >= 4 is 11.3 Å². The lowest BCUT2D eigenvalue weighted by atomic mass is 10.1. The van der Waals surface area contributed by atoms with Crippen LogP contribution in [0.5, 0.6) is 0 Å². The van der Waals surface area contributed by atoms with Crippen LogP contribution in [0.2, 0.25) is 0 Å². The van der Waals surface area contributed by atoms with Crippen LogP contribution in [0.15, 0.2) is 29.1 Å². The van der Waals surface area contributed by atoms with E-state index in [9.17, 15) is 4.39 Å². The molecule has 0 radical (unpaired) electrons. The third-order valence-electron chi connectivity index (χ3n) is 2.75. The van der Waals surface area contributed by atoms with E-state index in [1.807, 2.05) is 17.9 Å². The van der Waals surface area contributed by atoms with Crippen molar-refractivity contribution in [2.24, 2.45) is 5.73 Å². The van der Waals surface area contributed by atoms with Gasteiger partial charge < -0.3 is 5.73 Å². The lowest BCUT2D eigenvalue weighted by Crippen LogP contribution is -2.18. The molecule has 0 amide bonds. The number of halogens is 1. The van der Waals surface area contributed by atoms with E-state index in [0.717, 1.165) is 17.8 Å². The van der Waals surface area contributed by atoms with E-state index in [1.54, 1.807) is 17.4 Å². The highest BCUT2D eigenvalue weighted by atomic mass is 32.1. The van der Waals surface area contributed by atoms with Gasteiger partial charge in [0, 0.05) is 24.0 Å². The molecule has 0 unspecified atom stereocenters. The summed E-state index contributed by atoms with van der Waals surface area (Å²) in [7, 11) is 2.00. The van der Waals surface area contributed by atoms with Crippen molar-refractivity contribution in [3.63, 3.8) is 0 Å². The second kappa shape index (κ2) is 7.15. The monoisotopic (exact) mass is 289 g/mol. The highest BCUT2D eigenvalue weighted by Gasteiger charge is 2.07. The van der Waals surface area contributed by atoms with Crippen LogP contribution in [0.25, 0.3) is 0 Å². The van der Waals surface area contributed by atoms with Gasteiger partial charge in [-0.3, -0.25) is 4.90 Å². The Morgan fingerprint density at radius 1 is 1.40 bits per heavy atom.